The van der Waals surface area contributed by atoms with E-state index in [1.165, 1.54) is 12.1 Å². The van der Waals surface area contributed by atoms with Crippen LogP contribution in [0.5, 0.6) is 6.01 Å². The predicted octanol–water partition coefficient (Wildman–Crippen LogP) is 3.16. The van der Waals surface area contributed by atoms with Crippen molar-refractivity contribution in [2.24, 2.45) is 5.73 Å². The van der Waals surface area contributed by atoms with E-state index in [0.717, 1.165) is 22.8 Å². The zero-order valence-corrected chi connectivity index (χ0v) is 17.1. The van der Waals surface area contributed by atoms with Gasteiger partial charge in [-0.2, -0.15) is 18.2 Å². The lowest BCUT2D eigenvalue weighted by Crippen LogP contribution is -2.31. The Morgan fingerprint density at radius 3 is 2.33 bits per heavy atom. The van der Waals surface area contributed by atoms with Crippen LogP contribution in [0.2, 0.25) is 0 Å². The summed E-state index contributed by atoms with van der Waals surface area (Å²) in [6.45, 7) is 5.43. The van der Waals surface area contributed by atoms with Crippen LogP contribution in [0, 0.1) is 0 Å². The number of rotatable bonds is 8. The topological polar surface area (TPSA) is 96.4 Å². The number of benzene rings is 1. The monoisotopic (exact) mass is 427 g/mol. The molecular formula is C20H24F3N3O4. The van der Waals surface area contributed by atoms with Crippen molar-refractivity contribution in [3.63, 3.8) is 0 Å². The Labute approximate surface area is 171 Å². The number of hydrogen-bond acceptors (Lipinski definition) is 5. The van der Waals surface area contributed by atoms with Crippen LogP contribution < -0.4 is 16.0 Å². The number of ether oxygens (including phenoxy) is 2. The van der Waals surface area contributed by atoms with Crippen molar-refractivity contribution in [1.82, 2.24) is 9.55 Å². The molecule has 0 aliphatic heterocycles. The molecule has 30 heavy (non-hydrogen) atoms. The number of nitrogens with two attached hydrogens (primary N) is 1. The molecule has 2 N–H and O–H groups in total. The smallest absolute Gasteiger partial charge is 0.416 e. The molecule has 0 radical (unpaired) electrons. The zero-order chi connectivity index (χ0) is 22.7. The molecule has 1 aromatic heterocycles. The first-order valence-electron chi connectivity index (χ1n) is 9.14. The third-order valence-electron chi connectivity index (χ3n) is 4.77. The Balaban J connectivity index is 2.41. The lowest BCUT2D eigenvalue weighted by atomic mass is 10.1. The summed E-state index contributed by atoms with van der Waals surface area (Å²) in [5.41, 5.74) is 3.49. The number of methoxy groups -OCH3 is 1. The molecule has 0 aliphatic carbocycles. The Hall–Kier alpha value is -2.88. The molecule has 1 atom stereocenters. The molecule has 1 heterocycles. The molecule has 0 saturated carbocycles. The molecular weight excluding hydrogens is 403 g/mol. The first-order valence-corrected chi connectivity index (χ1v) is 9.14. The number of halogens is 3. The van der Waals surface area contributed by atoms with Crippen molar-refractivity contribution < 1.29 is 27.4 Å². The van der Waals surface area contributed by atoms with Crippen LogP contribution >= 0.6 is 0 Å². The van der Waals surface area contributed by atoms with E-state index in [1.54, 1.807) is 14.0 Å². The van der Waals surface area contributed by atoms with Gasteiger partial charge in [-0.3, -0.25) is 14.2 Å². The summed E-state index contributed by atoms with van der Waals surface area (Å²) in [7, 11) is 1.55. The van der Waals surface area contributed by atoms with Crippen LogP contribution in [0.25, 0.3) is 0 Å². The summed E-state index contributed by atoms with van der Waals surface area (Å²) in [6.07, 6.45) is -4.01. The van der Waals surface area contributed by atoms with E-state index in [1.807, 2.05) is 13.8 Å². The Kier molecular flexibility index (Phi) is 6.91. The predicted molar refractivity (Wildman–Crippen MR) is 103 cm³/mol. The van der Waals surface area contributed by atoms with Crippen molar-refractivity contribution in [2.45, 2.75) is 45.0 Å². The van der Waals surface area contributed by atoms with Gasteiger partial charge in [-0.15, -0.1) is 0 Å². The summed E-state index contributed by atoms with van der Waals surface area (Å²) < 4.78 is 50.6. The van der Waals surface area contributed by atoms with Gasteiger partial charge in [-0.05, 0) is 38.5 Å². The number of carbonyl (C=O) groups is 1. The highest BCUT2D eigenvalue weighted by Gasteiger charge is 2.30. The number of hydrogen-bond donors (Lipinski definition) is 1. The summed E-state index contributed by atoms with van der Waals surface area (Å²) in [5, 5.41) is 0. The molecule has 0 aliphatic rings. The minimum Gasteiger partial charge on any atom is -0.464 e. The number of nitrogens with zero attached hydrogens (tertiary/aromatic N) is 2. The van der Waals surface area contributed by atoms with Crippen LogP contribution in [-0.4, -0.2) is 34.8 Å². The van der Waals surface area contributed by atoms with Gasteiger partial charge in [0.2, 0.25) is 0 Å². The molecule has 164 valence electrons. The van der Waals surface area contributed by atoms with E-state index in [-0.39, 0.29) is 18.3 Å². The molecule has 0 spiro atoms. The normalized spacial score (nSPS) is 13.2. The molecule has 7 nitrogen and oxygen atoms in total. The number of carbonyl (C=O) groups excluding carboxylic acids is 1. The number of primary amides is 1. The summed E-state index contributed by atoms with van der Waals surface area (Å²) >= 11 is 0. The van der Waals surface area contributed by atoms with Crippen LogP contribution in [-0.2, 0) is 10.9 Å². The van der Waals surface area contributed by atoms with E-state index in [4.69, 9.17) is 15.2 Å². The van der Waals surface area contributed by atoms with Crippen LogP contribution in [0.3, 0.4) is 0 Å². The van der Waals surface area contributed by atoms with Gasteiger partial charge >= 0.3 is 6.18 Å². The highest BCUT2D eigenvalue weighted by Crippen LogP contribution is 2.30. The van der Waals surface area contributed by atoms with Crippen LogP contribution in [0.1, 0.15) is 54.8 Å². The highest BCUT2D eigenvalue weighted by atomic mass is 19.4. The van der Waals surface area contributed by atoms with E-state index in [0.29, 0.717) is 12.0 Å². The van der Waals surface area contributed by atoms with E-state index >= 15 is 0 Å². The lowest BCUT2D eigenvalue weighted by molar-refractivity contribution is -0.137. The second kappa shape index (κ2) is 8.86. The van der Waals surface area contributed by atoms with E-state index < -0.39 is 34.8 Å². The van der Waals surface area contributed by atoms with E-state index in [2.05, 4.69) is 4.98 Å². The SMILES string of the molecule is COC(C)(C)CCOc1nc(C(N)=O)cc(=O)n1C(C)c1ccc(C(F)(F)F)cc1. The molecule has 2 rings (SSSR count). The van der Waals surface area contributed by atoms with Crippen molar-refractivity contribution in [1.29, 1.82) is 0 Å². The first kappa shape index (κ1) is 23.4. The summed E-state index contributed by atoms with van der Waals surface area (Å²) in [5.74, 6) is -0.900. The average Bonchev–Trinajstić information content (AvgIpc) is 2.66. The third-order valence-corrected chi connectivity index (χ3v) is 4.77. The fraction of sp³-hybridized carbons (Fsp3) is 0.450. The van der Waals surface area contributed by atoms with Gasteiger partial charge in [0.05, 0.1) is 23.8 Å². The molecule has 1 aromatic carbocycles. The Morgan fingerprint density at radius 1 is 1.23 bits per heavy atom. The Morgan fingerprint density at radius 2 is 1.83 bits per heavy atom. The fourth-order valence-electron chi connectivity index (χ4n) is 2.64. The molecule has 0 bridgehead atoms. The average molecular weight is 427 g/mol. The third kappa shape index (κ3) is 5.59. The van der Waals surface area contributed by atoms with Crippen molar-refractivity contribution >= 4 is 5.91 Å². The van der Waals surface area contributed by atoms with Gasteiger partial charge in [0.15, 0.2) is 0 Å². The van der Waals surface area contributed by atoms with Crippen LogP contribution in [0.15, 0.2) is 35.1 Å². The molecule has 2 aromatic rings. The second-order valence-corrected chi connectivity index (χ2v) is 7.35. The Bertz CT molecular complexity index is 953. The molecule has 10 heteroatoms. The summed E-state index contributed by atoms with van der Waals surface area (Å²) in [4.78, 5) is 28.2. The highest BCUT2D eigenvalue weighted by molar-refractivity contribution is 5.90. The number of alkyl halides is 3. The van der Waals surface area contributed by atoms with Crippen LogP contribution in [0.4, 0.5) is 13.2 Å². The zero-order valence-electron chi connectivity index (χ0n) is 17.1. The van der Waals surface area contributed by atoms with Gasteiger partial charge in [-0.25, -0.2) is 0 Å². The van der Waals surface area contributed by atoms with Gasteiger partial charge in [-0.1, -0.05) is 12.1 Å². The van der Waals surface area contributed by atoms with E-state index in [9.17, 15) is 22.8 Å². The molecule has 1 unspecified atom stereocenters. The molecule has 1 amide bonds. The minimum atomic E-state index is -4.47. The molecule has 0 saturated heterocycles. The van der Waals surface area contributed by atoms with Crippen molar-refractivity contribution in [3.8, 4) is 6.01 Å². The fourth-order valence-corrected chi connectivity index (χ4v) is 2.64. The van der Waals surface area contributed by atoms with Gasteiger partial charge < -0.3 is 15.2 Å². The molecule has 0 fully saturated rings. The maximum Gasteiger partial charge on any atom is 0.416 e. The maximum absolute atomic E-state index is 12.8. The van der Waals surface area contributed by atoms with Gasteiger partial charge in [0.1, 0.15) is 5.69 Å². The van der Waals surface area contributed by atoms with Gasteiger partial charge in [0.25, 0.3) is 17.5 Å². The standard InChI is InChI=1S/C20H24F3N3O4/c1-12(13-5-7-14(8-6-13)20(21,22)23)26-16(27)11-15(17(24)28)25-18(26)30-10-9-19(2,3)29-4/h5-8,11-12H,9-10H2,1-4H3,(H2,24,28). The summed E-state index contributed by atoms with van der Waals surface area (Å²) in [6, 6.07) is 4.53. The van der Waals surface area contributed by atoms with Crippen molar-refractivity contribution in [3.05, 3.63) is 57.5 Å². The second-order valence-electron chi connectivity index (χ2n) is 7.35. The minimum absolute atomic E-state index is 0.120. The maximum atomic E-state index is 12.8. The first-order chi connectivity index (χ1) is 13.9. The largest absolute Gasteiger partial charge is 0.464 e. The lowest BCUT2D eigenvalue weighted by Gasteiger charge is -2.24. The number of amides is 1. The van der Waals surface area contributed by atoms with Gasteiger partial charge in [0, 0.05) is 19.6 Å². The van der Waals surface area contributed by atoms with Crippen molar-refractivity contribution in [2.75, 3.05) is 13.7 Å². The quantitative estimate of drug-likeness (QED) is 0.698. The number of aromatic nitrogens is 2.